The van der Waals surface area contributed by atoms with E-state index in [4.69, 9.17) is 10.5 Å². The summed E-state index contributed by atoms with van der Waals surface area (Å²) in [5.41, 5.74) is 5.12. The van der Waals surface area contributed by atoms with Gasteiger partial charge in [-0.15, -0.1) is 0 Å². The van der Waals surface area contributed by atoms with Crippen LogP contribution in [0.2, 0.25) is 0 Å². The van der Waals surface area contributed by atoms with E-state index < -0.39 is 5.54 Å². The Bertz CT molecular complexity index is 183. The number of carbonyl (C=O) groups excluding carboxylic acids is 1. The monoisotopic (exact) mass is 185 g/mol. The summed E-state index contributed by atoms with van der Waals surface area (Å²) >= 11 is 0. The van der Waals surface area contributed by atoms with Gasteiger partial charge in [-0.1, -0.05) is 13.8 Å². The summed E-state index contributed by atoms with van der Waals surface area (Å²) in [6.45, 7) is 4.40. The standard InChI is InChI=1S/C10H19NO2/c1-3-10(11,4-2)9(12)13-7-8-5-6-8/h8H,3-7,11H2,1-2H3. The minimum absolute atomic E-state index is 0.232. The molecule has 76 valence electrons. The number of hydrogen-bond acceptors (Lipinski definition) is 3. The summed E-state index contributed by atoms with van der Waals surface area (Å²) in [6, 6.07) is 0. The molecule has 0 aliphatic heterocycles. The Morgan fingerprint density at radius 3 is 2.38 bits per heavy atom. The van der Waals surface area contributed by atoms with Crippen LogP contribution in [0.15, 0.2) is 0 Å². The second kappa shape index (κ2) is 4.09. The molecular weight excluding hydrogens is 166 g/mol. The van der Waals surface area contributed by atoms with Crippen LogP contribution in [0.5, 0.6) is 0 Å². The maximum atomic E-state index is 11.5. The summed E-state index contributed by atoms with van der Waals surface area (Å²) in [4.78, 5) is 11.5. The van der Waals surface area contributed by atoms with Crippen molar-refractivity contribution in [3.05, 3.63) is 0 Å². The Hall–Kier alpha value is -0.570. The van der Waals surface area contributed by atoms with E-state index >= 15 is 0 Å². The summed E-state index contributed by atoms with van der Waals surface area (Å²) in [5.74, 6) is 0.381. The Kier molecular flexibility index (Phi) is 3.31. The first-order chi connectivity index (χ1) is 6.12. The molecule has 1 rings (SSSR count). The number of carbonyl (C=O) groups is 1. The summed E-state index contributed by atoms with van der Waals surface area (Å²) in [6.07, 6.45) is 3.69. The Balaban J connectivity index is 2.33. The number of esters is 1. The van der Waals surface area contributed by atoms with Crippen molar-refractivity contribution in [1.29, 1.82) is 0 Å². The van der Waals surface area contributed by atoms with E-state index in [-0.39, 0.29) is 5.97 Å². The molecule has 0 spiro atoms. The van der Waals surface area contributed by atoms with Crippen LogP contribution in [0, 0.1) is 5.92 Å². The molecular formula is C10H19NO2. The van der Waals surface area contributed by atoms with Gasteiger partial charge in [-0.05, 0) is 31.6 Å². The van der Waals surface area contributed by atoms with Crippen molar-refractivity contribution in [2.24, 2.45) is 11.7 Å². The van der Waals surface area contributed by atoms with Crippen LogP contribution in [0.25, 0.3) is 0 Å². The minimum atomic E-state index is -0.755. The fourth-order valence-corrected chi connectivity index (χ4v) is 1.16. The second-order valence-corrected chi connectivity index (χ2v) is 3.91. The average molecular weight is 185 g/mol. The summed E-state index contributed by atoms with van der Waals surface area (Å²) in [5, 5.41) is 0. The van der Waals surface area contributed by atoms with E-state index in [0.29, 0.717) is 25.4 Å². The molecule has 1 saturated carbocycles. The molecule has 0 amide bonds. The van der Waals surface area contributed by atoms with Gasteiger partial charge in [0.25, 0.3) is 0 Å². The van der Waals surface area contributed by atoms with Crippen LogP contribution < -0.4 is 5.73 Å². The third-order valence-corrected chi connectivity index (χ3v) is 2.82. The van der Waals surface area contributed by atoms with E-state index in [0.717, 1.165) is 0 Å². The van der Waals surface area contributed by atoms with Crippen molar-refractivity contribution >= 4 is 5.97 Å². The zero-order chi connectivity index (χ0) is 9.90. The fourth-order valence-electron chi connectivity index (χ4n) is 1.16. The molecule has 3 nitrogen and oxygen atoms in total. The third-order valence-electron chi connectivity index (χ3n) is 2.82. The highest BCUT2D eigenvalue weighted by molar-refractivity contribution is 5.80. The van der Waals surface area contributed by atoms with Crippen molar-refractivity contribution in [2.45, 2.75) is 45.1 Å². The molecule has 0 heterocycles. The second-order valence-electron chi connectivity index (χ2n) is 3.91. The molecule has 1 aliphatic carbocycles. The van der Waals surface area contributed by atoms with Crippen LogP contribution in [0.1, 0.15) is 39.5 Å². The fraction of sp³-hybridized carbons (Fsp3) is 0.900. The SMILES string of the molecule is CCC(N)(CC)C(=O)OCC1CC1. The van der Waals surface area contributed by atoms with E-state index in [1.165, 1.54) is 12.8 Å². The Labute approximate surface area is 79.6 Å². The lowest BCUT2D eigenvalue weighted by Crippen LogP contribution is -2.48. The van der Waals surface area contributed by atoms with Gasteiger partial charge < -0.3 is 10.5 Å². The third kappa shape index (κ3) is 2.69. The van der Waals surface area contributed by atoms with Crippen molar-refractivity contribution in [1.82, 2.24) is 0 Å². The van der Waals surface area contributed by atoms with Crippen molar-refractivity contribution in [3.63, 3.8) is 0 Å². The summed E-state index contributed by atoms with van der Waals surface area (Å²) < 4.78 is 5.15. The molecule has 3 heteroatoms. The number of ether oxygens (including phenoxy) is 1. The number of nitrogens with two attached hydrogens (primary N) is 1. The highest BCUT2D eigenvalue weighted by Crippen LogP contribution is 2.29. The molecule has 0 aromatic rings. The van der Waals surface area contributed by atoms with Gasteiger partial charge in [0.15, 0.2) is 0 Å². The van der Waals surface area contributed by atoms with Crippen molar-refractivity contribution in [2.75, 3.05) is 6.61 Å². The van der Waals surface area contributed by atoms with Crippen LogP contribution in [0.3, 0.4) is 0 Å². The highest BCUT2D eigenvalue weighted by atomic mass is 16.5. The molecule has 0 radical (unpaired) electrons. The molecule has 0 unspecified atom stereocenters. The molecule has 13 heavy (non-hydrogen) atoms. The molecule has 0 bridgehead atoms. The maximum Gasteiger partial charge on any atom is 0.326 e. The van der Waals surface area contributed by atoms with E-state index in [9.17, 15) is 4.79 Å². The predicted molar refractivity (Wildman–Crippen MR) is 51.2 cm³/mol. The zero-order valence-corrected chi connectivity index (χ0v) is 8.51. The van der Waals surface area contributed by atoms with E-state index in [1.807, 2.05) is 13.8 Å². The lowest BCUT2D eigenvalue weighted by Gasteiger charge is -2.23. The van der Waals surface area contributed by atoms with E-state index in [2.05, 4.69) is 0 Å². The highest BCUT2D eigenvalue weighted by Gasteiger charge is 2.33. The van der Waals surface area contributed by atoms with Crippen molar-refractivity contribution < 1.29 is 9.53 Å². The molecule has 0 atom stereocenters. The molecule has 2 N–H and O–H groups in total. The molecule has 0 aromatic heterocycles. The lowest BCUT2D eigenvalue weighted by molar-refractivity contribution is -0.151. The topological polar surface area (TPSA) is 52.3 Å². The lowest BCUT2D eigenvalue weighted by atomic mass is 9.95. The van der Waals surface area contributed by atoms with Crippen LogP contribution in [-0.2, 0) is 9.53 Å². The smallest absolute Gasteiger partial charge is 0.326 e. The quantitative estimate of drug-likeness (QED) is 0.660. The normalized spacial score (nSPS) is 17.2. The Morgan fingerprint density at radius 1 is 1.46 bits per heavy atom. The first-order valence-corrected chi connectivity index (χ1v) is 5.08. The molecule has 0 saturated heterocycles. The van der Waals surface area contributed by atoms with Crippen LogP contribution >= 0.6 is 0 Å². The molecule has 0 aromatic carbocycles. The number of hydrogen-bond donors (Lipinski definition) is 1. The van der Waals surface area contributed by atoms with Crippen LogP contribution in [0.4, 0.5) is 0 Å². The zero-order valence-electron chi connectivity index (χ0n) is 8.51. The predicted octanol–water partition coefficient (Wildman–Crippen LogP) is 1.46. The number of rotatable bonds is 5. The van der Waals surface area contributed by atoms with Crippen molar-refractivity contribution in [3.8, 4) is 0 Å². The largest absolute Gasteiger partial charge is 0.464 e. The Morgan fingerprint density at radius 2 is 2.00 bits per heavy atom. The van der Waals surface area contributed by atoms with Gasteiger partial charge in [0.05, 0.1) is 6.61 Å². The maximum absolute atomic E-state index is 11.5. The molecule has 1 aliphatic rings. The minimum Gasteiger partial charge on any atom is -0.464 e. The summed E-state index contributed by atoms with van der Waals surface area (Å²) in [7, 11) is 0. The van der Waals surface area contributed by atoms with Crippen LogP contribution in [-0.4, -0.2) is 18.1 Å². The van der Waals surface area contributed by atoms with Gasteiger partial charge in [0.1, 0.15) is 5.54 Å². The average Bonchev–Trinajstić information content (AvgIpc) is 2.96. The van der Waals surface area contributed by atoms with Gasteiger partial charge in [0.2, 0.25) is 0 Å². The van der Waals surface area contributed by atoms with Gasteiger partial charge >= 0.3 is 5.97 Å². The van der Waals surface area contributed by atoms with Gasteiger partial charge in [-0.3, -0.25) is 4.79 Å². The van der Waals surface area contributed by atoms with Gasteiger partial charge in [0, 0.05) is 0 Å². The first-order valence-electron chi connectivity index (χ1n) is 5.08. The first kappa shape index (κ1) is 10.5. The van der Waals surface area contributed by atoms with Gasteiger partial charge in [-0.2, -0.15) is 0 Å². The molecule has 1 fully saturated rings. The van der Waals surface area contributed by atoms with E-state index in [1.54, 1.807) is 0 Å². The van der Waals surface area contributed by atoms with Gasteiger partial charge in [-0.25, -0.2) is 0 Å².